The second-order valence-electron chi connectivity index (χ2n) is 4.66. The van der Waals surface area contributed by atoms with Crippen molar-refractivity contribution in [3.63, 3.8) is 0 Å². The normalized spacial score (nSPS) is 13.0. The average molecular weight is 234 g/mol. The van der Waals surface area contributed by atoms with Crippen molar-refractivity contribution in [3.05, 3.63) is 35.4 Å². The van der Waals surface area contributed by atoms with Gasteiger partial charge in [-0.3, -0.25) is 4.90 Å². The highest BCUT2D eigenvalue weighted by atomic mass is 15.2. The van der Waals surface area contributed by atoms with Gasteiger partial charge in [-0.1, -0.05) is 43.7 Å². The fourth-order valence-electron chi connectivity index (χ4n) is 2.37. The summed E-state index contributed by atoms with van der Waals surface area (Å²) >= 11 is 0. The van der Waals surface area contributed by atoms with Gasteiger partial charge in [0.2, 0.25) is 0 Å². The molecule has 0 aromatic heterocycles. The van der Waals surface area contributed by atoms with Gasteiger partial charge in [0.05, 0.1) is 0 Å². The number of hydrogen-bond acceptors (Lipinski definition) is 2. The van der Waals surface area contributed by atoms with Gasteiger partial charge in [-0.25, -0.2) is 0 Å². The minimum atomic E-state index is 0.513. The van der Waals surface area contributed by atoms with E-state index >= 15 is 0 Å². The van der Waals surface area contributed by atoms with Crippen LogP contribution >= 0.6 is 0 Å². The molecule has 1 rings (SSSR count). The fraction of sp³-hybridized carbons (Fsp3) is 0.600. The predicted molar refractivity (Wildman–Crippen MR) is 75.1 cm³/mol. The van der Waals surface area contributed by atoms with Crippen LogP contribution in [-0.4, -0.2) is 24.5 Å². The lowest BCUT2D eigenvalue weighted by Gasteiger charge is -2.31. The van der Waals surface area contributed by atoms with E-state index in [0.717, 1.165) is 26.1 Å². The molecule has 0 radical (unpaired) electrons. The predicted octanol–water partition coefficient (Wildman–Crippen LogP) is 3.12. The lowest BCUT2D eigenvalue weighted by atomic mass is 10.0. The van der Waals surface area contributed by atoms with E-state index in [1.54, 1.807) is 0 Å². The first-order valence-corrected chi connectivity index (χ1v) is 6.73. The molecule has 0 spiro atoms. The van der Waals surface area contributed by atoms with Gasteiger partial charge in [0.1, 0.15) is 0 Å². The zero-order chi connectivity index (χ0) is 12.7. The van der Waals surface area contributed by atoms with Crippen LogP contribution in [0.5, 0.6) is 0 Å². The van der Waals surface area contributed by atoms with Gasteiger partial charge in [-0.05, 0) is 31.9 Å². The van der Waals surface area contributed by atoms with Crippen LogP contribution in [0.4, 0.5) is 0 Å². The third-order valence-electron chi connectivity index (χ3n) is 3.22. The molecule has 1 unspecified atom stereocenters. The fourth-order valence-corrected chi connectivity index (χ4v) is 2.37. The molecule has 0 saturated carbocycles. The zero-order valence-electron chi connectivity index (χ0n) is 11.4. The maximum absolute atomic E-state index is 5.71. The third-order valence-corrected chi connectivity index (χ3v) is 3.22. The van der Waals surface area contributed by atoms with Crippen LogP contribution in [0, 0.1) is 6.92 Å². The van der Waals surface area contributed by atoms with E-state index in [4.69, 9.17) is 5.73 Å². The van der Waals surface area contributed by atoms with E-state index in [-0.39, 0.29) is 0 Å². The van der Waals surface area contributed by atoms with E-state index < -0.39 is 0 Å². The molecule has 2 N–H and O–H groups in total. The molecule has 0 saturated heterocycles. The summed E-state index contributed by atoms with van der Waals surface area (Å²) < 4.78 is 0. The zero-order valence-corrected chi connectivity index (χ0v) is 11.4. The molecule has 96 valence electrons. The summed E-state index contributed by atoms with van der Waals surface area (Å²) in [6, 6.07) is 9.42. The Bertz CT molecular complexity index is 299. The summed E-state index contributed by atoms with van der Waals surface area (Å²) in [4.78, 5) is 2.50. The summed E-state index contributed by atoms with van der Waals surface area (Å²) in [5.74, 6) is 0. The Hall–Kier alpha value is -0.860. The summed E-state index contributed by atoms with van der Waals surface area (Å²) in [6.45, 7) is 9.47. The Balaban J connectivity index is 2.83. The van der Waals surface area contributed by atoms with Crippen LogP contribution < -0.4 is 5.73 Å². The largest absolute Gasteiger partial charge is 0.329 e. The molecule has 0 heterocycles. The number of nitrogens with zero attached hydrogens (tertiary/aromatic N) is 1. The second kappa shape index (κ2) is 7.46. The minimum absolute atomic E-state index is 0.513. The number of rotatable bonds is 7. The summed E-state index contributed by atoms with van der Waals surface area (Å²) in [6.07, 6.45) is 2.32. The third kappa shape index (κ3) is 4.14. The van der Waals surface area contributed by atoms with Crippen molar-refractivity contribution in [2.24, 2.45) is 5.73 Å². The molecule has 2 nitrogen and oxygen atoms in total. The number of aryl methyl sites for hydroxylation is 1. The Kier molecular flexibility index (Phi) is 6.23. The van der Waals surface area contributed by atoms with Crippen LogP contribution in [0.15, 0.2) is 24.3 Å². The molecule has 0 aliphatic rings. The molecule has 1 atom stereocenters. The van der Waals surface area contributed by atoms with Crippen molar-refractivity contribution >= 4 is 0 Å². The second-order valence-corrected chi connectivity index (χ2v) is 4.66. The van der Waals surface area contributed by atoms with Gasteiger partial charge < -0.3 is 5.73 Å². The highest BCUT2D eigenvalue weighted by Gasteiger charge is 2.16. The Morgan fingerprint density at radius 1 is 1.12 bits per heavy atom. The first-order valence-electron chi connectivity index (χ1n) is 6.73. The van der Waals surface area contributed by atoms with Crippen molar-refractivity contribution in [3.8, 4) is 0 Å². The van der Waals surface area contributed by atoms with Crippen molar-refractivity contribution in [1.82, 2.24) is 4.90 Å². The van der Waals surface area contributed by atoms with E-state index in [9.17, 15) is 0 Å². The summed E-state index contributed by atoms with van der Waals surface area (Å²) in [7, 11) is 0. The molecule has 0 aliphatic carbocycles. The number of benzene rings is 1. The first-order chi connectivity index (χ1) is 8.22. The minimum Gasteiger partial charge on any atom is -0.329 e. The maximum atomic E-state index is 5.71. The molecular weight excluding hydrogens is 208 g/mol. The lowest BCUT2D eigenvalue weighted by Crippen LogP contribution is -2.33. The summed E-state index contributed by atoms with van der Waals surface area (Å²) in [5, 5.41) is 0. The van der Waals surface area contributed by atoms with E-state index in [1.165, 1.54) is 17.5 Å². The van der Waals surface area contributed by atoms with Crippen LogP contribution in [0.25, 0.3) is 0 Å². The van der Waals surface area contributed by atoms with Crippen LogP contribution in [0.1, 0.15) is 43.9 Å². The Morgan fingerprint density at radius 3 is 2.24 bits per heavy atom. The molecule has 0 amide bonds. The molecule has 0 fully saturated rings. The van der Waals surface area contributed by atoms with E-state index in [1.807, 2.05) is 0 Å². The lowest BCUT2D eigenvalue weighted by molar-refractivity contribution is 0.198. The monoisotopic (exact) mass is 234 g/mol. The van der Waals surface area contributed by atoms with Gasteiger partial charge in [0.15, 0.2) is 0 Å². The van der Waals surface area contributed by atoms with Gasteiger partial charge in [-0.15, -0.1) is 0 Å². The van der Waals surface area contributed by atoms with Gasteiger partial charge in [0, 0.05) is 19.1 Å². The van der Waals surface area contributed by atoms with Crippen LogP contribution in [0.2, 0.25) is 0 Å². The Labute approximate surface area is 106 Å². The average Bonchev–Trinajstić information content (AvgIpc) is 2.33. The van der Waals surface area contributed by atoms with Crippen molar-refractivity contribution in [2.45, 2.75) is 39.7 Å². The first kappa shape index (κ1) is 14.2. The maximum Gasteiger partial charge on any atom is 0.0346 e. The smallest absolute Gasteiger partial charge is 0.0346 e. The Morgan fingerprint density at radius 2 is 1.76 bits per heavy atom. The van der Waals surface area contributed by atoms with Crippen molar-refractivity contribution in [1.29, 1.82) is 0 Å². The quantitative estimate of drug-likeness (QED) is 0.785. The SMILES string of the molecule is CCCN(CCN)C(CC)c1ccc(C)cc1. The van der Waals surface area contributed by atoms with Crippen LogP contribution in [-0.2, 0) is 0 Å². The molecule has 0 bridgehead atoms. The van der Waals surface area contributed by atoms with Crippen molar-refractivity contribution in [2.75, 3.05) is 19.6 Å². The van der Waals surface area contributed by atoms with Gasteiger partial charge in [0.25, 0.3) is 0 Å². The molecular formula is C15H26N2. The van der Waals surface area contributed by atoms with E-state index in [0.29, 0.717) is 6.04 Å². The number of hydrogen-bond donors (Lipinski definition) is 1. The van der Waals surface area contributed by atoms with E-state index in [2.05, 4.69) is 49.9 Å². The standard InChI is InChI=1S/C15H26N2/c1-4-11-17(12-10-16)15(5-2)14-8-6-13(3)7-9-14/h6-9,15H,4-5,10-12,16H2,1-3H3. The van der Waals surface area contributed by atoms with Crippen molar-refractivity contribution < 1.29 is 0 Å². The van der Waals surface area contributed by atoms with Gasteiger partial charge >= 0.3 is 0 Å². The van der Waals surface area contributed by atoms with Crippen LogP contribution in [0.3, 0.4) is 0 Å². The molecule has 0 aliphatic heterocycles. The topological polar surface area (TPSA) is 29.3 Å². The van der Waals surface area contributed by atoms with Gasteiger partial charge in [-0.2, -0.15) is 0 Å². The molecule has 17 heavy (non-hydrogen) atoms. The highest BCUT2D eigenvalue weighted by Crippen LogP contribution is 2.24. The molecule has 1 aromatic carbocycles. The molecule has 2 heteroatoms. The molecule has 1 aromatic rings. The summed E-state index contributed by atoms with van der Waals surface area (Å²) in [5.41, 5.74) is 8.45. The number of nitrogens with two attached hydrogens (primary N) is 1. The highest BCUT2D eigenvalue weighted by molar-refractivity contribution is 5.24.